The van der Waals surface area contributed by atoms with E-state index in [1.807, 2.05) is 54.6 Å². The van der Waals surface area contributed by atoms with Crippen LogP contribution in [0.3, 0.4) is 0 Å². The van der Waals surface area contributed by atoms with Gasteiger partial charge in [-0.05, 0) is 75.8 Å². The lowest BCUT2D eigenvalue weighted by atomic mass is 10.1. The molecule has 2 aromatic carbocycles. The zero-order chi connectivity index (χ0) is 24.8. The van der Waals surface area contributed by atoms with Crippen LogP contribution in [0.2, 0.25) is 5.02 Å². The highest BCUT2D eigenvalue weighted by atomic mass is 35.5. The SMILES string of the molecule is CCN(CC)CCCC(C)Nc1nc(-c2ccc(-c3ccccc3C#N)s2)nc2cc(Cl)ccc12. The van der Waals surface area contributed by atoms with Gasteiger partial charge in [-0.25, -0.2) is 9.97 Å². The molecule has 2 heterocycles. The van der Waals surface area contributed by atoms with E-state index >= 15 is 0 Å². The van der Waals surface area contributed by atoms with Crippen molar-refractivity contribution in [3.63, 3.8) is 0 Å². The molecular formula is C28H30ClN5S. The Bertz CT molecular complexity index is 1340. The Hall–Kier alpha value is -2.98. The van der Waals surface area contributed by atoms with Gasteiger partial charge in [0, 0.05) is 26.9 Å². The van der Waals surface area contributed by atoms with E-state index in [-0.39, 0.29) is 6.04 Å². The molecule has 180 valence electrons. The molecule has 0 radical (unpaired) electrons. The van der Waals surface area contributed by atoms with Crippen molar-refractivity contribution < 1.29 is 0 Å². The number of hydrogen-bond acceptors (Lipinski definition) is 6. The van der Waals surface area contributed by atoms with Gasteiger partial charge in [0.25, 0.3) is 0 Å². The largest absolute Gasteiger partial charge is 0.367 e. The summed E-state index contributed by atoms with van der Waals surface area (Å²) in [5, 5.41) is 14.7. The zero-order valence-electron chi connectivity index (χ0n) is 20.4. The molecule has 35 heavy (non-hydrogen) atoms. The summed E-state index contributed by atoms with van der Waals surface area (Å²) in [7, 11) is 0. The fourth-order valence-electron chi connectivity index (χ4n) is 4.19. The van der Waals surface area contributed by atoms with Gasteiger partial charge in [0.1, 0.15) is 5.82 Å². The second-order valence-corrected chi connectivity index (χ2v) is 10.1. The van der Waals surface area contributed by atoms with Gasteiger partial charge in [0.05, 0.1) is 22.0 Å². The number of nitrogens with one attached hydrogen (secondary N) is 1. The number of thiophene rings is 1. The molecule has 2 aromatic heterocycles. The molecule has 0 spiro atoms. The number of fused-ring (bicyclic) bond motifs is 1. The third kappa shape index (κ3) is 5.99. The van der Waals surface area contributed by atoms with Crippen molar-refractivity contribution in [1.82, 2.24) is 14.9 Å². The molecule has 0 aliphatic rings. The minimum atomic E-state index is 0.272. The van der Waals surface area contributed by atoms with Crippen LogP contribution in [-0.2, 0) is 0 Å². The average molecular weight is 504 g/mol. The van der Waals surface area contributed by atoms with Crippen LogP contribution in [0.15, 0.2) is 54.6 Å². The molecule has 5 nitrogen and oxygen atoms in total. The standard InChI is InChI=1S/C28H30ClN5S/c1-4-34(5-2)16-8-9-19(3)31-27-23-13-12-21(29)17-24(23)32-28(33-27)26-15-14-25(35-26)22-11-7-6-10-20(22)18-30/h6-7,10-15,17,19H,4-5,8-9,16H2,1-3H3,(H,31,32,33). The maximum Gasteiger partial charge on any atom is 0.172 e. The highest BCUT2D eigenvalue weighted by molar-refractivity contribution is 7.18. The first-order valence-corrected chi connectivity index (χ1v) is 13.3. The zero-order valence-corrected chi connectivity index (χ0v) is 22.0. The van der Waals surface area contributed by atoms with Crippen LogP contribution in [-0.4, -0.2) is 40.5 Å². The first-order valence-electron chi connectivity index (χ1n) is 12.1. The fraction of sp³-hybridized carbons (Fsp3) is 0.321. The molecule has 4 aromatic rings. The Labute approximate surface area is 216 Å². The Balaban J connectivity index is 1.63. The predicted molar refractivity (Wildman–Crippen MR) is 148 cm³/mol. The van der Waals surface area contributed by atoms with E-state index < -0.39 is 0 Å². The van der Waals surface area contributed by atoms with Crippen LogP contribution in [0.1, 0.15) is 39.2 Å². The lowest BCUT2D eigenvalue weighted by Gasteiger charge is -2.20. The lowest BCUT2D eigenvalue weighted by molar-refractivity contribution is 0.295. The van der Waals surface area contributed by atoms with Gasteiger partial charge in [-0.2, -0.15) is 5.26 Å². The van der Waals surface area contributed by atoms with Crippen molar-refractivity contribution in [2.75, 3.05) is 25.0 Å². The summed E-state index contributed by atoms with van der Waals surface area (Å²) >= 11 is 7.89. The fourth-order valence-corrected chi connectivity index (χ4v) is 5.33. The second-order valence-electron chi connectivity index (χ2n) is 8.59. The molecule has 0 fully saturated rings. The summed E-state index contributed by atoms with van der Waals surface area (Å²) in [4.78, 5) is 14.2. The number of aromatic nitrogens is 2. The second kappa shape index (κ2) is 11.6. The number of anilines is 1. The topological polar surface area (TPSA) is 64.8 Å². The van der Waals surface area contributed by atoms with Crippen LogP contribution in [0.4, 0.5) is 5.82 Å². The Morgan fingerprint density at radius 3 is 2.60 bits per heavy atom. The minimum Gasteiger partial charge on any atom is -0.367 e. The van der Waals surface area contributed by atoms with Gasteiger partial charge in [-0.1, -0.05) is 43.6 Å². The van der Waals surface area contributed by atoms with Crippen molar-refractivity contribution in [2.45, 2.75) is 39.7 Å². The number of nitrogens with zero attached hydrogens (tertiary/aromatic N) is 4. The molecule has 0 amide bonds. The van der Waals surface area contributed by atoms with Gasteiger partial charge < -0.3 is 10.2 Å². The first kappa shape index (κ1) is 25.1. The molecule has 1 atom stereocenters. The quantitative estimate of drug-likeness (QED) is 0.243. The van der Waals surface area contributed by atoms with Crippen molar-refractivity contribution in [3.8, 4) is 27.2 Å². The summed E-state index contributed by atoms with van der Waals surface area (Å²) in [5.74, 6) is 1.48. The van der Waals surface area contributed by atoms with Crippen LogP contribution in [0.25, 0.3) is 32.0 Å². The monoisotopic (exact) mass is 503 g/mol. The van der Waals surface area contributed by atoms with Crippen molar-refractivity contribution in [3.05, 3.63) is 65.2 Å². The van der Waals surface area contributed by atoms with E-state index in [0.717, 1.165) is 64.5 Å². The lowest BCUT2D eigenvalue weighted by Crippen LogP contribution is -2.25. The smallest absolute Gasteiger partial charge is 0.172 e. The van der Waals surface area contributed by atoms with Crippen molar-refractivity contribution in [2.24, 2.45) is 0 Å². The molecule has 7 heteroatoms. The Morgan fingerprint density at radius 2 is 1.83 bits per heavy atom. The molecule has 0 aliphatic heterocycles. The van der Waals surface area contributed by atoms with E-state index in [9.17, 15) is 5.26 Å². The van der Waals surface area contributed by atoms with Gasteiger partial charge in [-0.3, -0.25) is 0 Å². The van der Waals surface area contributed by atoms with E-state index in [0.29, 0.717) is 16.4 Å². The summed E-state index contributed by atoms with van der Waals surface area (Å²) in [6.45, 7) is 9.89. The van der Waals surface area contributed by atoms with E-state index in [2.05, 4.69) is 37.1 Å². The predicted octanol–water partition coefficient (Wildman–Crippen LogP) is 7.47. The summed E-state index contributed by atoms with van der Waals surface area (Å²) in [6, 6.07) is 20.0. The van der Waals surface area contributed by atoms with E-state index in [1.165, 1.54) is 0 Å². The highest BCUT2D eigenvalue weighted by Crippen LogP contribution is 2.36. The number of benzene rings is 2. The Morgan fingerprint density at radius 1 is 1.06 bits per heavy atom. The average Bonchev–Trinajstić information content (AvgIpc) is 3.36. The van der Waals surface area contributed by atoms with Gasteiger partial charge in [0.15, 0.2) is 5.82 Å². The minimum absolute atomic E-state index is 0.272. The van der Waals surface area contributed by atoms with Crippen molar-refractivity contribution >= 4 is 39.7 Å². The molecule has 1 N–H and O–H groups in total. The summed E-state index contributed by atoms with van der Waals surface area (Å²) in [5.41, 5.74) is 2.40. The van der Waals surface area contributed by atoms with E-state index in [1.54, 1.807) is 11.3 Å². The molecule has 0 saturated carbocycles. The van der Waals surface area contributed by atoms with Gasteiger partial charge in [-0.15, -0.1) is 11.3 Å². The molecule has 4 rings (SSSR count). The maximum atomic E-state index is 9.49. The number of hydrogen-bond donors (Lipinski definition) is 1. The summed E-state index contributed by atoms with van der Waals surface area (Å²) in [6.07, 6.45) is 2.18. The number of rotatable bonds is 10. The van der Waals surface area contributed by atoms with Crippen LogP contribution < -0.4 is 5.32 Å². The normalized spacial score (nSPS) is 12.1. The van der Waals surface area contributed by atoms with Crippen molar-refractivity contribution in [1.29, 1.82) is 5.26 Å². The van der Waals surface area contributed by atoms with Crippen LogP contribution >= 0.6 is 22.9 Å². The van der Waals surface area contributed by atoms with Gasteiger partial charge >= 0.3 is 0 Å². The third-order valence-corrected chi connectivity index (χ3v) is 7.54. The van der Waals surface area contributed by atoms with Crippen LogP contribution in [0.5, 0.6) is 0 Å². The molecule has 0 bridgehead atoms. The molecule has 1 unspecified atom stereocenters. The third-order valence-electron chi connectivity index (χ3n) is 6.19. The molecular weight excluding hydrogens is 474 g/mol. The molecule has 0 saturated heterocycles. The molecule has 0 aliphatic carbocycles. The Kier molecular flexibility index (Phi) is 8.35. The summed E-state index contributed by atoms with van der Waals surface area (Å²) < 4.78 is 0. The van der Waals surface area contributed by atoms with Crippen LogP contribution in [0, 0.1) is 11.3 Å². The number of halogens is 1. The number of nitriles is 1. The maximum absolute atomic E-state index is 9.49. The van der Waals surface area contributed by atoms with E-state index in [4.69, 9.17) is 21.6 Å². The first-order chi connectivity index (χ1) is 17.0. The highest BCUT2D eigenvalue weighted by Gasteiger charge is 2.15. The van der Waals surface area contributed by atoms with Gasteiger partial charge in [0.2, 0.25) is 0 Å².